The molecule has 0 spiro atoms. The highest BCUT2D eigenvalue weighted by molar-refractivity contribution is 7.80. The zero-order valence-electron chi connectivity index (χ0n) is 14.9. The molecule has 144 valence electrons. The normalized spacial score (nSPS) is 10.2. The summed E-state index contributed by atoms with van der Waals surface area (Å²) in [6, 6.07) is 9.94. The van der Waals surface area contributed by atoms with Crippen LogP contribution in [0.2, 0.25) is 5.02 Å². The summed E-state index contributed by atoms with van der Waals surface area (Å²) in [5.74, 6) is 1.17. The first kappa shape index (κ1) is 19.6. The number of hydrogen-bond acceptors (Lipinski definition) is 7. The highest BCUT2D eigenvalue weighted by Crippen LogP contribution is 2.33. The zero-order valence-corrected chi connectivity index (χ0v) is 16.5. The van der Waals surface area contributed by atoms with Gasteiger partial charge in [0.1, 0.15) is 6.33 Å². The van der Waals surface area contributed by atoms with E-state index >= 15 is 0 Å². The van der Waals surface area contributed by atoms with Gasteiger partial charge in [0.2, 0.25) is 0 Å². The van der Waals surface area contributed by atoms with E-state index in [9.17, 15) is 4.79 Å². The first-order valence-corrected chi connectivity index (χ1v) is 8.80. The molecule has 28 heavy (non-hydrogen) atoms. The van der Waals surface area contributed by atoms with Crippen LogP contribution in [0.1, 0.15) is 10.4 Å². The topological polar surface area (TPSA) is 97.4 Å². The molecule has 0 aliphatic heterocycles. The number of hydrogen-bond donors (Lipinski definition) is 3. The Labute approximate surface area is 171 Å². The Balaban J connectivity index is 1.71. The number of hydrazine groups is 1. The maximum absolute atomic E-state index is 12.2. The first-order valence-electron chi connectivity index (χ1n) is 8.01. The van der Waals surface area contributed by atoms with Crippen LogP contribution >= 0.6 is 23.8 Å². The van der Waals surface area contributed by atoms with E-state index in [1.54, 1.807) is 50.6 Å². The summed E-state index contributed by atoms with van der Waals surface area (Å²) in [4.78, 5) is 20.6. The molecule has 8 nitrogen and oxygen atoms in total. The number of nitrogens with zero attached hydrogens (tertiary/aromatic N) is 2. The molecule has 0 aliphatic carbocycles. The van der Waals surface area contributed by atoms with Gasteiger partial charge in [-0.3, -0.25) is 21.0 Å². The third-order valence-corrected chi connectivity index (χ3v) is 4.22. The number of anilines is 1. The van der Waals surface area contributed by atoms with Crippen molar-refractivity contribution in [2.75, 3.05) is 19.6 Å². The number of carbonyl (C=O) groups excluding carboxylic acids is 1. The van der Waals surface area contributed by atoms with Crippen LogP contribution in [0.25, 0.3) is 10.9 Å². The molecule has 3 N–H and O–H groups in total. The van der Waals surface area contributed by atoms with E-state index in [-0.39, 0.29) is 11.0 Å². The van der Waals surface area contributed by atoms with Crippen LogP contribution in [0.15, 0.2) is 42.7 Å². The van der Waals surface area contributed by atoms with Gasteiger partial charge < -0.3 is 9.47 Å². The molecule has 0 aliphatic rings. The van der Waals surface area contributed by atoms with Crippen LogP contribution in [-0.2, 0) is 0 Å². The maximum atomic E-state index is 12.2. The molecule has 0 bridgehead atoms. The number of nitrogens with one attached hydrogen (secondary N) is 3. The molecule has 0 unspecified atom stereocenters. The molecular weight excluding hydrogens is 402 g/mol. The molecule has 0 fully saturated rings. The lowest BCUT2D eigenvalue weighted by Gasteiger charge is -2.14. The summed E-state index contributed by atoms with van der Waals surface area (Å²) in [7, 11) is 3.09. The van der Waals surface area contributed by atoms with E-state index < -0.39 is 0 Å². The van der Waals surface area contributed by atoms with Crippen LogP contribution in [0.5, 0.6) is 11.5 Å². The Hall–Kier alpha value is -3.17. The van der Waals surface area contributed by atoms with E-state index in [0.717, 1.165) is 0 Å². The van der Waals surface area contributed by atoms with Gasteiger partial charge in [0.05, 0.1) is 19.7 Å². The minimum atomic E-state index is -0.366. The number of thiocarbonyl (C=S) groups is 1. The van der Waals surface area contributed by atoms with Gasteiger partial charge in [-0.2, -0.15) is 0 Å². The number of aromatic nitrogens is 2. The average molecular weight is 418 g/mol. The van der Waals surface area contributed by atoms with Gasteiger partial charge in [-0.25, -0.2) is 9.97 Å². The van der Waals surface area contributed by atoms with Crippen molar-refractivity contribution in [2.45, 2.75) is 0 Å². The average Bonchev–Trinajstić information content (AvgIpc) is 2.71. The standard InChI is InChI=1S/C18H16ClN5O3S/c1-26-14-7-12-13(8-15(14)27-2)20-9-21-16(12)23-24-18(28)22-17(25)10-3-5-11(19)6-4-10/h3-9H,1-2H3,(H,20,21,23)(H2,22,24,25,28). The van der Waals surface area contributed by atoms with Gasteiger partial charge in [0.25, 0.3) is 5.91 Å². The van der Waals surface area contributed by atoms with E-state index in [4.69, 9.17) is 33.3 Å². The molecular formula is C18H16ClN5O3S. The monoisotopic (exact) mass is 417 g/mol. The predicted octanol–water partition coefficient (Wildman–Crippen LogP) is 2.93. The second kappa shape index (κ2) is 8.68. The number of methoxy groups -OCH3 is 2. The molecule has 1 amide bonds. The highest BCUT2D eigenvalue weighted by atomic mass is 35.5. The van der Waals surface area contributed by atoms with E-state index in [2.05, 4.69) is 26.1 Å². The highest BCUT2D eigenvalue weighted by Gasteiger charge is 2.12. The second-order valence-electron chi connectivity index (χ2n) is 5.49. The summed E-state index contributed by atoms with van der Waals surface area (Å²) < 4.78 is 10.6. The fourth-order valence-corrected chi connectivity index (χ4v) is 2.68. The van der Waals surface area contributed by atoms with Crippen molar-refractivity contribution in [3.8, 4) is 11.5 Å². The van der Waals surface area contributed by atoms with Crippen LogP contribution in [0.3, 0.4) is 0 Å². The number of halogens is 1. The van der Waals surface area contributed by atoms with Crippen molar-refractivity contribution in [3.63, 3.8) is 0 Å². The molecule has 10 heteroatoms. The van der Waals surface area contributed by atoms with E-state index in [1.807, 2.05) is 0 Å². The molecule has 2 aromatic carbocycles. The summed E-state index contributed by atoms with van der Waals surface area (Å²) in [6.45, 7) is 0. The molecule has 0 atom stereocenters. The van der Waals surface area contributed by atoms with Crippen LogP contribution in [0.4, 0.5) is 5.82 Å². The molecule has 1 aromatic heterocycles. The lowest BCUT2D eigenvalue weighted by atomic mass is 10.2. The SMILES string of the molecule is COc1cc2ncnc(NNC(=S)NC(=O)c3ccc(Cl)cc3)c2cc1OC. The molecule has 3 aromatic rings. The second-order valence-corrected chi connectivity index (χ2v) is 6.33. The Morgan fingerprint density at radius 3 is 2.43 bits per heavy atom. The van der Waals surface area contributed by atoms with Gasteiger partial charge in [0.15, 0.2) is 22.4 Å². The molecule has 0 saturated heterocycles. The van der Waals surface area contributed by atoms with E-state index in [1.165, 1.54) is 6.33 Å². The first-order chi connectivity index (χ1) is 13.5. The predicted molar refractivity (Wildman–Crippen MR) is 111 cm³/mol. The van der Waals surface area contributed by atoms with Gasteiger partial charge >= 0.3 is 0 Å². The third kappa shape index (κ3) is 4.38. The Kier molecular flexibility index (Phi) is 6.07. The minimum Gasteiger partial charge on any atom is -0.493 e. The Morgan fingerprint density at radius 2 is 1.75 bits per heavy atom. The lowest BCUT2D eigenvalue weighted by Crippen LogP contribution is -2.42. The van der Waals surface area contributed by atoms with E-state index in [0.29, 0.717) is 38.8 Å². The van der Waals surface area contributed by atoms with Crippen LogP contribution in [0, 0.1) is 0 Å². The van der Waals surface area contributed by atoms with Crippen molar-refractivity contribution in [1.82, 2.24) is 20.7 Å². The summed E-state index contributed by atoms with van der Waals surface area (Å²) in [5.41, 5.74) is 6.67. The quantitative estimate of drug-likeness (QED) is 0.430. The molecule has 0 radical (unpaired) electrons. The summed E-state index contributed by atoms with van der Waals surface area (Å²) >= 11 is 11.0. The van der Waals surface area contributed by atoms with Crippen molar-refractivity contribution in [3.05, 3.63) is 53.3 Å². The lowest BCUT2D eigenvalue weighted by molar-refractivity contribution is 0.0977. The maximum Gasteiger partial charge on any atom is 0.257 e. The number of benzene rings is 2. The van der Waals surface area contributed by atoms with Gasteiger partial charge in [0, 0.05) is 22.0 Å². The molecule has 1 heterocycles. The zero-order chi connectivity index (χ0) is 20.1. The van der Waals surface area contributed by atoms with Crippen LogP contribution in [-0.4, -0.2) is 35.2 Å². The molecule has 3 rings (SSSR count). The number of rotatable bonds is 5. The fraction of sp³-hybridized carbons (Fsp3) is 0.111. The number of carbonyl (C=O) groups is 1. The summed E-state index contributed by atoms with van der Waals surface area (Å²) in [6.07, 6.45) is 1.40. The van der Waals surface area contributed by atoms with Crippen molar-refractivity contribution >= 4 is 51.6 Å². The third-order valence-electron chi connectivity index (χ3n) is 3.77. The summed E-state index contributed by atoms with van der Waals surface area (Å²) in [5, 5.41) is 3.86. The van der Waals surface area contributed by atoms with Gasteiger partial charge in [-0.05, 0) is 42.5 Å². The number of amides is 1. The van der Waals surface area contributed by atoms with Crippen molar-refractivity contribution in [2.24, 2.45) is 0 Å². The van der Waals surface area contributed by atoms with Crippen molar-refractivity contribution in [1.29, 1.82) is 0 Å². The fourth-order valence-electron chi connectivity index (χ4n) is 2.41. The molecule has 0 saturated carbocycles. The van der Waals surface area contributed by atoms with Gasteiger partial charge in [-0.1, -0.05) is 11.6 Å². The smallest absolute Gasteiger partial charge is 0.257 e. The number of ether oxygens (including phenoxy) is 2. The van der Waals surface area contributed by atoms with Crippen LogP contribution < -0.4 is 25.6 Å². The largest absolute Gasteiger partial charge is 0.493 e. The van der Waals surface area contributed by atoms with Gasteiger partial charge in [-0.15, -0.1) is 0 Å². The Morgan fingerprint density at radius 1 is 1.07 bits per heavy atom. The number of fused-ring (bicyclic) bond motifs is 1. The minimum absolute atomic E-state index is 0.0761. The Bertz CT molecular complexity index is 1030. The van der Waals surface area contributed by atoms with Crippen molar-refractivity contribution < 1.29 is 14.3 Å².